The highest BCUT2D eigenvalue weighted by atomic mass is 35.5. The average Bonchev–Trinajstić information content (AvgIpc) is 2.63. The van der Waals surface area contributed by atoms with Crippen LogP contribution in [-0.2, 0) is 4.79 Å². The monoisotopic (exact) mass is 381 g/mol. The van der Waals surface area contributed by atoms with Gasteiger partial charge in [-0.2, -0.15) is 0 Å². The molecule has 1 aliphatic carbocycles. The Hall–Kier alpha value is -1.20. The molecule has 26 heavy (non-hydrogen) atoms. The number of hydrogen-bond donors (Lipinski definition) is 1. The van der Waals surface area contributed by atoms with Crippen LogP contribution in [0.4, 0.5) is 4.39 Å². The molecule has 1 aromatic heterocycles. The number of nitrogens with zero attached hydrogens (tertiary/aromatic N) is 2. The van der Waals surface area contributed by atoms with E-state index in [4.69, 9.17) is 11.6 Å². The van der Waals surface area contributed by atoms with Gasteiger partial charge >= 0.3 is 0 Å². The van der Waals surface area contributed by atoms with Crippen LogP contribution >= 0.6 is 11.6 Å². The van der Waals surface area contributed by atoms with Gasteiger partial charge in [0.25, 0.3) is 0 Å². The molecular weight excluding hydrogens is 353 g/mol. The van der Waals surface area contributed by atoms with Gasteiger partial charge in [0.2, 0.25) is 5.91 Å². The fourth-order valence-electron chi connectivity index (χ4n) is 4.34. The lowest BCUT2D eigenvalue weighted by Gasteiger charge is -2.33. The number of rotatable bonds is 5. The fourth-order valence-corrected chi connectivity index (χ4v) is 4.65. The Morgan fingerprint density at radius 2 is 1.96 bits per heavy atom. The van der Waals surface area contributed by atoms with Gasteiger partial charge in [-0.3, -0.25) is 9.78 Å². The molecule has 1 amide bonds. The van der Waals surface area contributed by atoms with Crippen molar-refractivity contribution in [3.05, 3.63) is 28.8 Å². The topological polar surface area (TPSA) is 45.2 Å². The Kier molecular flexibility index (Phi) is 6.87. The van der Waals surface area contributed by atoms with Crippen LogP contribution in [0.3, 0.4) is 0 Å². The molecule has 1 aliphatic heterocycles. The van der Waals surface area contributed by atoms with Crippen LogP contribution in [0.1, 0.15) is 63.5 Å². The smallest absolute Gasteiger partial charge is 0.219 e. The molecule has 0 radical (unpaired) electrons. The van der Waals surface area contributed by atoms with E-state index in [0.29, 0.717) is 17.0 Å². The molecule has 1 saturated carbocycles. The molecule has 0 bridgehead atoms. The summed E-state index contributed by atoms with van der Waals surface area (Å²) in [5, 5.41) is 4.14. The van der Waals surface area contributed by atoms with Gasteiger partial charge in [-0.1, -0.05) is 11.6 Å². The highest BCUT2D eigenvalue weighted by Gasteiger charge is 2.25. The lowest BCUT2D eigenvalue weighted by Crippen LogP contribution is -2.44. The van der Waals surface area contributed by atoms with E-state index in [0.717, 1.165) is 56.9 Å². The minimum absolute atomic E-state index is 0.191. The summed E-state index contributed by atoms with van der Waals surface area (Å²) in [5.74, 6) is 0.933. The Morgan fingerprint density at radius 1 is 1.27 bits per heavy atom. The number of piperidine rings is 1. The molecule has 2 fully saturated rings. The van der Waals surface area contributed by atoms with Crippen molar-refractivity contribution in [2.45, 2.75) is 63.8 Å². The second-order valence-electron chi connectivity index (χ2n) is 7.76. The van der Waals surface area contributed by atoms with Crippen molar-refractivity contribution < 1.29 is 9.18 Å². The molecule has 4 nitrogen and oxygen atoms in total. The number of halogens is 2. The minimum atomic E-state index is -0.368. The molecule has 1 N–H and O–H groups in total. The second-order valence-corrected chi connectivity index (χ2v) is 8.17. The number of carbonyl (C=O) groups is 1. The number of hydrogen-bond acceptors (Lipinski definition) is 3. The van der Waals surface area contributed by atoms with E-state index in [-0.39, 0.29) is 11.7 Å². The minimum Gasteiger partial charge on any atom is -0.343 e. The van der Waals surface area contributed by atoms with Gasteiger partial charge in [0.15, 0.2) is 0 Å². The molecule has 1 saturated heterocycles. The Morgan fingerprint density at radius 3 is 2.58 bits per heavy atom. The zero-order valence-corrected chi connectivity index (χ0v) is 16.3. The first-order valence-corrected chi connectivity index (χ1v) is 10.2. The predicted octanol–water partition coefficient (Wildman–Crippen LogP) is 4.14. The van der Waals surface area contributed by atoms with E-state index < -0.39 is 0 Å². The van der Waals surface area contributed by atoms with Crippen LogP contribution in [0.25, 0.3) is 0 Å². The maximum atomic E-state index is 13.2. The average molecular weight is 382 g/mol. The highest BCUT2D eigenvalue weighted by molar-refractivity contribution is 6.31. The first kappa shape index (κ1) is 19.6. The maximum absolute atomic E-state index is 13.2. The van der Waals surface area contributed by atoms with Crippen molar-refractivity contribution >= 4 is 17.5 Å². The van der Waals surface area contributed by atoms with Crippen LogP contribution in [0, 0.1) is 11.7 Å². The highest BCUT2D eigenvalue weighted by Crippen LogP contribution is 2.38. The maximum Gasteiger partial charge on any atom is 0.219 e. The van der Waals surface area contributed by atoms with Gasteiger partial charge in [0.1, 0.15) is 5.82 Å². The van der Waals surface area contributed by atoms with Crippen LogP contribution in [0.15, 0.2) is 12.3 Å². The molecule has 6 heteroatoms. The number of carbonyl (C=O) groups excluding carboxylic acids is 1. The van der Waals surface area contributed by atoms with Crippen molar-refractivity contribution in [2.75, 3.05) is 19.6 Å². The van der Waals surface area contributed by atoms with E-state index in [9.17, 15) is 9.18 Å². The third kappa shape index (κ3) is 5.17. The summed E-state index contributed by atoms with van der Waals surface area (Å²) in [6, 6.07) is 1.92. The number of amides is 1. The summed E-state index contributed by atoms with van der Waals surface area (Å²) in [6.45, 7) is 4.46. The number of pyridine rings is 1. The third-order valence-electron chi connectivity index (χ3n) is 6.00. The summed E-state index contributed by atoms with van der Waals surface area (Å²) in [7, 11) is 0. The van der Waals surface area contributed by atoms with Gasteiger partial charge < -0.3 is 10.2 Å². The SMILES string of the molecule is CC(=O)N1CCC(NCCC2CCC(c3ncc(F)cc3Cl)CC2)CC1. The van der Waals surface area contributed by atoms with Crippen molar-refractivity contribution in [3.8, 4) is 0 Å². The van der Waals surface area contributed by atoms with E-state index in [2.05, 4.69) is 10.3 Å². The molecule has 2 aliphatic rings. The molecule has 0 spiro atoms. The lowest BCUT2D eigenvalue weighted by atomic mass is 9.79. The lowest BCUT2D eigenvalue weighted by molar-refractivity contribution is -0.129. The number of nitrogens with one attached hydrogen (secondary N) is 1. The number of likely N-dealkylation sites (tertiary alicyclic amines) is 1. The summed E-state index contributed by atoms with van der Waals surface area (Å²) < 4.78 is 13.2. The molecule has 0 atom stereocenters. The molecule has 144 valence electrons. The van der Waals surface area contributed by atoms with Crippen molar-refractivity contribution in [1.29, 1.82) is 0 Å². The third-order valence-corrected chi connectivity index (χ3v) is 6.30. The summed E-state index contributed by atoms with van der Waals surface area (Å²) in [4.78, 5) is 17.5. The van der Waals surface area contributed by atoms with Crippen molar-refractivity contribution in [2.24, 2.45) is 5.92 Å². The fraction of sp³-hybridized carbons (Fsp3) is 0.700. The zero-order chi connectivity index (χ0) is 18.5. The number of aromatic nitrogens is 1. The summed E-state index contributed by atoms with van der Waals surface area (Å²) >= 11 is 6.16. The molecule has 2 heterocycles. The van der Waals surface area contributed by atoms with E-state index in [1.165, 1.54) is 31.5 Å². The first-order valence-electron chi connectivity index (χ1n) is 9.82. The van der Waals surface area contributed by atoms with Crippen LogP contribution in [-0.4, -0.2) is 41.5 Å². The van der Waals surface area contributed by atoms with E-state index in [1.54, 1.807) is 6.92 Å². The Balaban J connectivity index is 1.35. The second kappa shape index (κ2) is 9.14. The quantitative estimate of drug-likeness (QED) is 0.833. The first-order chi connectivity index (χ1) is 12.5. The molecule has 3 rings (SSSR count). The van der Waals surface area contributed by atoms with Gasteiger partial charge in [0, 0.05) is 32.0 Å². The molecule has 0 unspecified atom stereocenters. The van der Waals surface area contributed by atoms with Gasteiger partial charge in [-0.15, -0.1) is 0 Å². The van der Waals surface area contributed by atoms with Crippen LogP contribution < -0.4 is 5.32 Å². The molecule has 1 aromatic rings. The summed E-state index contributed by atoms with van der Waals surface area (Å²) in [6.07, 6.45) is 9.12. The predicted molar refractivity (Wildman–Crippen MR) is 102 cm³/mol. The Labute approximate surface area is 160 Å². The van der Waals surface area contributed by atoms with Gasteiger partial charge in [0.05, 0.1) is 16.9 Å². The van der Waals surface area contributed by atoms with Crippen molar-refractivity contribution in [3.63, 3.8) is 0 Å². The molecule has 0 aromatic carbocycles. The van der Waals surface area contributed by atoms with E-state index in [1.807, 2.05) is 4.90 Å². The summed E-state index contributed by atoms with van der Waals surface area (Å²) in [5.41, 5.74) is 0.863. The molecular formula is C20H29ClFN3O. The Bertz CT molecular complexity index is 611. The van der Waals surface area contributed by atoms with Gasteiger partial charge in [-0.25, -0.2) is 4.39 Å². The van der Waals surface area contributed by atoms with Crippen molar-refractivity contribution in [1.82, 2.24) is 15.2 Å². The zero-order valence-electron chi connectivity index (χ0n) is 15.5. The standard InChI is InChI=1S/C20H29ClFN3O/c1-14(26)25-10-7-18(8-11-25)23-9-6-15-2-4-16(5-3-15)20-19(21)12-17(22)13-24-20/h12-13,15-16,18,23H,2-11H2,1H3. The van der Waals surface area contributed by atoms with Crippen LogP contribution in [0.2, 0.25) is 5.02 Å². The van der Waals surface area contributed by atoms with E-state index >= 15 is 0 Å². The van der Waals surface area contributed by atoms with Gasteiger partial charge in [-0.05, 0) is 63.5 Å². The van der Waals surface area contributed by atoms with Crippen LogP contribution in [0.5, 0.6) is 0 Å². The largest absolute Gasteiger partial charge is 0.343 e. The normalized spacial score (nSPS) is 24.7.